The number of fused-ring (bicyclic) bond motifs is 1. The predicted molar refractivity (Wildman–Crippen MR) is 124 cm³/mol. The van der Waals surface area contributed by atoms with Crippen molar-refractivity contribution in [3.05, 3.63) is 64.5 Å². The van der Waals surface area contributed by atoms with Crippen molar-refractivity contribution in [2.45, 2.75) is 39.2 Å². The lowest BCUT2D eigenvalue weighted by Crippen LogP contribution is -2.46. The van der Waals surface area contributed by atoms with Crippen molar-refractivity contribution in [1.29, 1.82) is 0 Å². The maximum absolute atomic E-state index is 12.9. The van der Waals surface area contributed by atoms with Crippen LogP contribution in [0, 0.1) is 12.8 Å². The number of aryl methyl sites for hydroxylation is 1. The third kappa shape index (κ3) is 5.08. The first kappa shape index (κ1) is 22.6. The highest BCUT2D eigenvalue weighted by atomic mass is 16.5. The van der Waals surface area contributed by atoms with E-state index < -0.39 is 17.7 Å². The number of piperidine rings is 1. The minimum atomic E-state index is -0.846. The number of aliphatic carboxylic acids is 1. The Morgan fingerprint density at radius 1 is 1.18 bits per heavy atom. The van der Waals surface area contributed by atoms with Gasteiger partial charge in [-0.2, -0.15) is 0 Å². The molecule has 0 aliphatic carbocycles. The zero-order valence-corrected chi connectivity index (χ0v) is 18.7. The van der Waals surface area contributed by atoms with E-state index in [2.05, 4.69) is 0 Å². The molecule has 4 rings (SSSR count). The molecule has 2 unspecified atom stereocenters. The van der Waals surface area contributed by atoms with Crippen LogP contribution >= 0.6 is 0 Å². The molecule has 1 aliphatic heterocycles. The van der Waals surface area contributed by atoms with E-state index in [0.717, 1.165) is 34.9 Å². The molecule has 0 saturated carbocycles. The van der Waals surface area contributed by atoms with Crippen LogP contribution in [0.15, 0.2) is 57.7 Å². The molecule has 33 heavy (non-hydrogen) atoms. The molecule has 2 heterocycles. The van der Waals surface area contributed by atoms with Crippen LogP contribution in [0.25, 0.3) is 22.1 Å². The average molecular weight is 450 g/mol. The van der Waals surface area contributed by atoms with Crippen molar-refractivity contribution in [1.82, 2.24) is 4.90 Å². The summed E-state index contributed by atoms with van der Waals surface area (Å²) < 4.78 is 11.3. The van der Waals surface area contributed by atoms with Crippen molar-refractivity contribution in [2.75, 3.05) is 13.1 Å². The molecule has 1 fully saturated rings. The summed E-state index contributed by atoms with van der Waals surface area (Å²) in [6.07, 6.45) is 0.890. The minimum absolute atomic E-state index is 0.0396. The molecule has 1 aromatic heterocycles. The monoisotopic (exact) mass is 449 g/mol. The van der Waals surface area contributed by atoms with Crippen LogP contribution in [0.4, 0.5) is 0 Å². The van der Waals surface area contributed by atoms with Gasteiger partial charge >= 0.3 is 11.6 Å². The van der Waals surface area contributed by atoms with Gasteiger partial charge in [-0.05, 0) is 55.9 Å². The van der Waals surface area contributed by atoms with Gasteiger partial charge in [0.1, 0.15) is 11.3 Å². The summed E-state index contributed by atoms with van der Waals surface area (Å²) in [5, 5.41) is 9.83. The molecule has 0 spiro atoms. The standard InChI is InChI=1S/C26H27NO6/c1-16-6-3-4-8-20(16)22-14-25(30)33-23-13-19(9-10-21(22)23)32-17(2)26(31)27-11-5-7-18(15-27)12-24(28)29/h3-4,6,8-10,13-14,17-18H,5,7,11-12,15H2,1-2H3,(H,28,29). The molecule has 172 valence electrons. The van der Waals surface area contributed by atoms with Gasteiger partial charge in [-0.3, -0.25) is 9.59 Å². The van der Waals surface area contributed by atoms with Gasteiger partial charge in [-0.1, -0.05) is 24.3 Å². The molecular weight excluding hydrogens is 422 g/mol. The molecule has 1 amide bonds. The maximum Gasteiger partial charge on any atom is 0.336 e. The summed E-state index contributed by atoms with van der Waals surface area (Å²) in [7, 11) is 0. The van der Waals surface area contributed by atoms with Crippen molar-refractivity contribution in [2.24, 2.45) is 5.92 Å². The zero-order chi connectivity index (χ0) is 23.5. The maximum atomic E-state index is 12.9. The summed E-state index contributed by atoms with van der Waals surface area (Å²) in [5.41, 5.74) is 2.71. The van der Waals surface area contributed by atoms with Crippen molar-refractivity contribution < 1.29 is 23.8 Å². The van der Waals surface area contributed by atoms with Crippen LogP contribution in [0.5, 0.6) is 5.75 Å². The number of likely N-dealkylation sites (tertiary alicyclic amines) is 1. The van der Waals surface area contributed by atoms with E-state index in [0.29, 0.717) is 24.4 Å². The molecule has 3 aromatic rings. The number of carboxylic acid groups (broad SMARTS) is 1. The average Bonchev–Trinajstić information content (AvgIpc) is 2.78. The Hall–Kier alpha value is -3.61. The number of benzene rings is 2. The Bertz CT molecular complexity index is 1250. The predicted octanol–water partition coefficient (Wildman–Crippen LogP) is 4.25. The lowest BCUT2D eigenvalue weighted by atomic mass is 9.94. The third-order valence-corrected chi connectivity index (χ3v) is 6.11. The lowest BCUT2D eigenvalue weighted by Gasteiger charge is -2.33. The number of nitrogens with zero attached hydrogens (tertiary/aromatic N) is 1. The Balaban J connectivity index is 1.54. The van der Waals surface area contributed by atoms with Crippen molar-refractivity contribution >= 4 is 22.8 Å². The summed E-state index contributed by atoms with van der Waals surface area (Å²) in [5.74, 6) is -0.642. The van der Waals surface area contributed by atoms with Crippen LogP contribution in [0.1, 0.15) is 31.7 Å². The minimum Gasteiger partial charge on any atom is -0.481 e. The molecule has 1 N–H and O–H groups in total. The third-order valence-electron chi connectivity index (χ3n) is 6.11. The zero-order valence-electron chi connectivity index (χ0n) is 18.7. The van der Waals surface area contributed by atoms with Crippen LogP contribution in [-0.2, 0) is 9.59 Å². The molecule has 7 nitrogen and oxygen atoms in total. The largest absolute Gasteiger partial charge is 0.481 e. The molecule has 0 bridgehead atoms. The number of carbonyl (C=O) groups excluding carboxylic acids is 1. The normalized spacial score (nSPS) is 17.0. The molecule has 1 aliphatic rings. The first-order valence-electron chi connectivity index (χ1n) is 11.1. The SMILES string of the molecule is Cc1ccccc1-c1cc(=O)oc2cc(OC(C)C(=O)N3CCCC(CC(=O)O)C3)ccc12. The van der Waals surface area contributed by atoms with Gasteiger partial charge in [0, 0.05) is 42.6 Å². The van der Waals surface area contributed by atoms with Crippen molar-refractivity contribution in [3.63, 3.8) is 0 Å². The Morgan fingerprint density at radius 3 is 2.73 bits per heavy atom. The van der Waals surface area contributed by atoms with E-state index in [9.17, 15) is 14.4 Å². The fourth-order valence-electron chi connectivity index (χ4n) is 4.50. The van der Waals surface area contributed by atoms with Gasteiger partial charge in [-0.25, -0.2) is 4.79 Å². The second-order valence-corrected chi connectivity index (χ2v) is 8.60. The Labute approximate surface area is 191 Å². The van der Waals surface area contributed by atoms with Gasteiger partial charge in [0.2, 0.25) is 0 Å². The molecule has 1 saturated heterocycles. The summed E-state index contributed by atoms with van der Waals surface area (Å²) in [6.45, 7) is 4.68. The van der Waals surface area contributed by atoms with E-state index in [4.69, 9.17) is 14.3 Å². The fraction of sp³-hybridized carbons (Fsp3) is 0.346. The van der Waals surface area contributed by atoms with E-state index in [1.807, 2.05) is 37.3 Å². The van der Waals surface area contributed by atoms with E-state index in [-0.39, 0.29) is 18.2 Å². The molecule has 7 heteroatoms. The Morgan fingerprint density at radius 2 is 1.97 bits per heavy atom. The topological polar surface area (TPSA) is 97.0 Å². The van der Waals surface area contributed by atoms with Gasteiger partial charge < -0.3 is 19.2 Å². The highest BCUT2D eigenvalue weighted by Crippen LogP contribution is 2.32. The van der Waals surface area contributed by atoms with Crippen LogP contribution in [0.3, 0.4) is 0 Å². The number of carboxylic acids is 1. The lowest BCUT2D eigenvalue weighted by molar-refractivity contribution is -0.143. The quantitative estimate of drug-likeness (QED) is 0.565. The number of ether oxygens (including phenoxy) is 1. The molecule has 2 atom stereocenters. The van der Waals surface area contributed by atoms with Gasteiger partial charge in [0.05, 0.1) is 0 Å². The van der Waals surface area contributed by atoms with Crippen LogP contribution in [-0.4, -0.2) is 41.1 Å². The number of hydrogen-bond donors (Lipinski definition) is 1. The summed E-state index contributed by atoms with van der Waals surface area (Å²) in [6, 6.07) is 14.5. The van der Waals surface area contributed by atoms with Crippen molar-refractivity contribution in [3.8, 4) is 16.9 Å². The van der Waals surface area contributed by atoms with Gasteiger partial charge in [0.25, 0.3) is 5.91 Å². The smallest absolute Gasteiger partial charge is 0.336 e. The summed E-state index contributed by atoms with van der Waals surface area (Å²) >= 11 is 0. The van der Waals surface area contributed by atoms with E-state index >= 15 is 0 Å². The number of hydrogen-bond acceptors (Lipinski definition) is 5. The first-order chi connectivity index (χ1) is 15.8. The van der Waals surface area contributed by atoms with Gasteiger partial charge in [-0.15, -0.1) is 0 Å². The summed E-state index contributed by atoms with van der Waals surface area (Å²) in [4.78, 5) is 37.8. The number of rotatable bonds is 6. The number of amides is 1. The molecule has 2 aromatic carbocycles. The van der Waals surface area contributed by atoms with Crippen LogP contribution < -0.4 is 10.4 Å². The molecule has 0 radical (unpaired) electrons. The fourth-order valence-corrected chi connectivity index (χ4v) is 4.50. The second kappa shape index (κ2) is 9.48. The number of carbonyl (C=O) groups is 2. The first-order valence-corrected chi connectivity index (χ1v) is 11.1. The highest BCUT2D eigenvalue weighted by molar-refractivity contribution is 5.94. The van der Waals surface area contributed by atoms with E-state index in [1.165, 1.54) is 6.07 Å². The highest BCUT2D eigenvalue weighted by Gasteiger charge is 2.29. The van der Waals surface area contributed by atoms with E-state index in [1.54, 1.807) is 24.0 Å². The second-order valence-electron chi connectivity index (χ2n) is 8.60. The Kier molecular flexibility index (Phi) is 6.49. The van der Waals surface area contributed by atoms with Gasteiger partial charge in [0.15, 0.2) is 6.10 Å². The molecular formula is C26H27NO6. The van der Waals surface area contributed by atoms with Crippen LogP contribution in [0.2, 0.25) is 0 Å².